The van der Waals surface area contributed by atoms with Crippen LogP contribution in [0.5, 0.6) is 0 Å². The summed E-state index contributed by atoms with van der Waals surface area (Å²) >= 11 is 0. The van der Waals surface area contributed by atoms with E-state index in [-0.39, 0.29) is 0 Å². The third-order valence-electron chi connectivity index (χ3n) is 4.55. The standard InChI is InChI=1S/C16H23N3/c1-19-11-10-16(18-19)15-5-3-2-4-14(15)12-6-8-13(17)9-7-12/h6-9,14-15H,2-5,10-11,17H2,1H3. The molecule has 3 heteroatoms. The highest BCUT2D eigenvalue weighted by Crippen LogP contribution is 2.40. The average molecular weight is 257 g/mol. The second-order valence-electron chi connectivity index (χ2n) is 5.89. The summed E-state index contributed by atoms with van der Waals surface area (Å²) in [7, 11) is 2.08. The van der Waals surface area contributed by atoms with Gasteiger partial charge >= 0.3 is 0 Å². The van der Waals surface area contributed by atoms with Gasteiger partial charge in [0.1, 0.15) is 0 Å². The molecule has 1 aromatic carbocycles. The number of anilines is 1. The molecule has 3 nitrogen and oxygen atoms in total. The van der Waals surface area contributed by atoms with Gasteiger partial charge in [-0.15, -0.1) is 0 Å². The predicted octanol–water partition coefficient (Wildman–Crippen LogP) is 3.23. The van der Waals surface area contributed by atoms with Crippen LogP contribution < -0.4 is 5.73 Å². The molecule has 2 aliphatic rings. The van der Waals surface area contributed by atoms with Crippen LogP contribution in [0.1, 0.15) is 43.6 Å². The molecular weight excluding hydrogens is 234 g/mol. The first-order valence-corrected chi connectivity index (χ1v) is 7.38. The fraction of sp³-hybridized carbons (Fsp3) is 0.562. The number of benzene rings is 1. The number of hydrogen-bond acceptors (Lipinski definition) is 3. The van der Waals surface area contributed by atoms with E-state index in [1.165, 1.54) is 37.0 Å². The number of hydrogen-bond donors (Lipinski definition) is 1. The summed E-state index contributed by atoms with van der Waals surface area (Å²) in [5.74, 6) is 1.28. The van der Waals surface area contributed by atoms with E-state index in [9.17, 15) is 0 Å². The van der Waals surface area contributed by atoms with Crippen molar-refractivity contribution in [3.63, 3.8) is 0 Å². The van der Waals surface area contributed by atoms with Crippen molar-refractivity contribution in [1.29, 1.82) is 0 Å². The molecule has 0 spiro atoms. The molecule has 2 N–H and O–H groups in total. The van der Waals surface area contributed by atoms with Gasteiger partial charge in [-0.05, 0) is 36.5 Å². The van der Waals surface area contributed by atoms with Crippen LogP contribution in [0.15, 0.2) is 29.4 Å². The Labute approximate surface area is 115 Å². The van der Waals surface area contributed by atoms with Crippen LogP contribution in [0.4, 0.5) is 5.69 Å². The maximum absolute atomic E-state index is 5.80. The van der Waals surface area contributed by atoms with Crippen molar-refractivity contribution < 1.29 is 0 Å². The molecule has 102 valence electrons. The zero-order valence-electron chi connectivity index (χ0n) is 11.7. The SMILES string of the molecule is CN1CCC(C2CCCCC2c2ccc(N)cc2)=N1. The van der Waals surface area contributed by atoms with Crippen molar-refractivity contribution >= 4 is 11.4 Å². The minimum atomic E-state index is 0.639. The Morgan fingerprint density at radius 3 is 2.42 bits per heavy atom. The van der Waals surface area contributed by atoms with E-state index in [4.69, 9.17) is 10.8 Å². The van der Waals surface area contributed by atoms with Gasteiger partial charge in [0.05, 0.1) is 0 Å². The molecule has 1 aromatic rings. The Hall–Kier alpha value is -1.51. The molecule has 1 heterocycles. The molecule has 1 fully saturated rings. The molecule has 0 amide bonds. The van der Waals surface area contributed by atoms with E-state index in [0.29, 0.717) is 11.8 Å². The summed E-state index contributed by atoms with van der Waals surface area (Å²) in [6.45, 7) is 1.08. The monoisotopic (exact) mass is 257 g/mol. The minimum absolute atomic E-state index is 0.639. The van der Waals surface area contributed by atoms with Crippen molar-refractivity contribution in [2.75, 3.05) is 19.3 Å². The van der Waals surface area contributed by atoms with Crippen molar-refractivity contribution in [3.05, 3.63) is 29.8 Å². The van der Waals surface area contributed by atoms with E-state index in [2.05, 4.69) is 24.2 Å². The summed E-state index contributed by atoms with van der Waals surface area (Å²) in [5, 5.41) is 6.82. The molecule has 2 atom stereocenters. The number of hydrazone groups is 1. The van der Waals surface area contributed by atoms with Crippen molar-refractivity contribution in [1.82, 2.24) is 5.01 Å². The molecule has 0 aromatic heterocycles. The van der Waals surface area contributed by atoms with Crippen molar-refractivity contribution in [2.24, 2.45) is 11.0 Å². The van der Waals surface area contributed by atoms with Crippen LogP contribution in [0.3, 0.4) is 0 Å². The fourth-order valence-corrected chi connectivity index (χ4v) is 3.53. The van der Waals surface area contributed by atoms with E-state index in [1.807, 2.05) is 12.1 Å². The lowest BCUT2D eigenvalue weighted by molar-refractivity contribution is 0.374. The first kappa shape index (κ1) is 12.5. The smallest absolute Gasteiger partial charge is 0.0435 e. The zero-order chi connectivity index (χ0) is 13.2. The van der Waals surface area contributed by atoms with Gasteiger partial charge in [-0.1, -0.05) is 25.0 Å². The molecule has 2 unspecified atom stereocenters. The van der Waals surface area contributed by atoms with Gasteiger partial charge in [0, 0.05) is 37.3 Å². The Kier molecular flexibility index (Phi) is 3.45. The molecule has 1 aliphatic heterocycles. The Morgan fingerprint density at radius 2 is 1.79 bits per heavy atom. The van der Waals surface area contributed by atoms with Gasteiger partial charge in [-0.2, -0.15) is 5.10 Å². The second kappa shape index (κ2) is 5.24. The van der Waals surface area contributed by atoms with Crippen LogP contribution >= 0.6 is 0 Å². The third-order valence-corrected chi connectivity index (χ3v) is 4.55. The van der Waals surface area contributed by atoms with E-state index < -0.39 is 0 Å². The summed E-state index contributed by atoms with van der Waals surface area (Å²) in [6.07, 6.45) is 6.42. The van der Waals surface area contributed by atoms with E-state index in [0.717, 1.165) is 18.7 Å². The first-order chi connectivity index (χ1) is 9.24. The van der Waals surface area contributed by atoms with Crippen LogP contribution in [0, 0.1) is 5.92 Å². The molecule has 0 saturated heterocycles. The minimum Gasteiger partial charge on any atom is -0.399 e. The van der Waals surface area contributed by atoms with Crippen LogP contribution in [0.25, 0.3) is 0 Å². The molecule has 0 bridgehead atoms. The van der Waals surface area contributed by atoms with Gasteiger partial charge in [0.2, 0.25) is 0 Å². The van der Waals surface area contributed by atoms with Crippen molar-refractivity contribution in [2.45, 2.75) is 38.0 Å². The highest BCUT2D eigenvalue weighted by molar-refractivity contribution is 5.88. The summed E-state index contributed by atoms with van der Waals surface area (Å²) in [5.41, 5.74) is 9.52. The number of nitrogens with zero attached hydrogens (tertiary/aromatic N) is 2. The van der Waals surface area contributed by atoms with E-state index >= 15 is 0 Å². The molecule has 3 rings (SSSR count). The summed E-state index contributed by atoms with van der Waals surface area (Å²) in [4.78, 5) is 0. The number of rotatable bonds is 2. The lowest BCUT2D eigenvalue weighted by Gasteiger charge is -2.32. The lowest BCUT2D eigenvalue weighted by Crippen LogP contribution is -2.25. The maximum Gasteiger partial charge on any atom is 0.0435 e. The fourth-order valence-electron chi connectivity index (χ4n) is 3.53. The molecule has 1 aliphatic carbocycles. The number of nitrogen functional groups attached to an aromatic ring is 1. The van der Waals surface area contributed by atoms with Gasteiger partial charge in [0.25, 0.3) is 0 Å². The molecule has 0 radical (unpaired) electrons. The zero-order valence-corrected chi connectivity index (χ0v) is 11.7. The highest BCUT2D eigenvalue weighted by atomic mass is 15.5. The van der Waals surface area contributed by atoms with Gasteiger partial charge < -0.3 is 5.73 Å². The topological polar surface area (TPSA) is 41.6 Å². The average Bonchev–Trinajstić information content (AvgIpc) is 2.86. The van der Waals surface area contributed by atoms with Crippen molar-refractivity contribution in [3.8, 4) is 0 Å². The largest absolute Gasteiger partial charge is 0.399 e. The molecular formula is C16H23N3. The predicted molar refractivity (Wildman–Crippen MR) is 80.2 cm³/mol. The van der Waals surface area contributed by atoms with Crippen LogP contribution in [0.2, 0.25) is 0 Å². The maximum atomic E-state index is 5.80. The van der Waals surface area contributed by atoms with Gasteiger partial charge in [-0.25, -0.2) is 0 Å². The van der Waals surface area contributed by atoms with E-state index in [1.54, 1.807) is 0 Å². The van der Waals surface area contributed by atoms with Crippen LogP contribution in [-0.4, -0.2) is 24.3 Å². The molecule has 1 saturated carbocycles. The highest BCUT2D eigenvalue weighted by Gasteiger charge is 2.32. The Balaban J connectivity index is 1.85. The second-order valence-corrected chi connectivity index (χ2v) is 5.89. The first-order valence-electron chi connectivity index (χ1n) is 7.38. The summed E-state index contributed by atoms with van der Waals surface area (Å²) in [6, 6.07) is 8.47. The quantitative estimate of drug-likeness (QED) is 0.826. The normalized spacial score (nSPS) is 27.4. The lowest BCUT2D eigenvalue weighted by atomic mass is 9.73. The molecule has 19 heavy (non-hydrogen) atoms. The summed E-state index contributed by atoms with van der Waals surface area (Å²) < 4.78 is 0. The van der Waals surface area contributed by atoms with Gasteiger partial charge in [-0.3, -0.25) is 5.01 Å². The number of nitrogens with two attached hydrogens (primary N) is 1. The Morgan fingerprint density at radius 1 is 1.11 bits per heavy atom. The van der Waals surface area contributed by atoms with Crippen LogP contribution in [-0.2, 0) is 0 Å². The van der Waals surface area contributed by atoms with Gasteiger partial charge in [0.15, 0.2) is 0 Å². The Bertz CT molecular complexity index is 463. The third kappa shape index (κ3) is 2.60.